The molecule has 0 bridgehead atoms. The maximum absolute atomic E-state index is 11.8. The van der Waals surface area contributed by atoms with E-state index in [-0.39, 0.29) is 5.41 Å². The standard InChI is InChI=1S/C15H25N3O2S/c1-14(2,3)20-13(19)17-9-15(4,8-16)11-7-21-12(18-11)10-5-6-10/h7,10H,5-6,8-9,16H2,1-4H3,(H,17,19). The van der Waals surface area contributed by atoms with Gasteiger partial charge in [0.05, 0.1) is 10.7 Å². The highest BCUT2D eigenvalue weighted by Gasteiger charge is 2.32. The Morgan fingerprint density at radius 3 is 2.67 bits per heavy atom. The Morgan fingerprint density at radius 2 is 2.14 bits per heavy atom. The summed E-state index contributed by atoms with van der Waals surface area (Å²) in [6, 6.07) is 0. The second-order valence-electron chi connectivity index (χ2n) is 6.97. The number of nitrogens with two attached hydrogens (primary N) is 1. The highest BCUT2D eigenvalue weighted by molar-refractivity contribution is 7.09. The molecule has 3 N–H and O–H groups in total. The molecule has 1 fully saturated rings. The number of alkyl carbamates (subject to hydrolysis) is 1. The van der Waals surface area contributed by atoms with Crippen molar-refractivity contribution in [2.75, 3.05) is 13.1 Å². The van der Waals surface area contributed by atoms with E-state index in [9.17, 15) is 4.79 Å². The molecule has 21 heavy (non-hydrogen) atoms. The number of ether oxygens (including phenoxy) is 1. The Bertz CT molecular complexity index is 505. The topological polar surface area (TPSA) is 77.2 Å². The van der Waals surface area contributed by atoms with Crippen LogP contribution in [0.5, 0.6) is 0 Å². The fourth-order valence-electron chi connectivity index (χ4n) is 1.93. The lowest BCUT2D eigenvalue weighted by Gasteiger charge is -2.27. The first-order valence-corrected chi connectivity index (χ1v) is 8.24. The van der Waals surface area contributed by atoms with Gasteiger partial charge in [-0.1, -0.05) is 6.92 Å². The number of rotatable bonds is 5. The molecule has 118 valence electrons. The molecule has 2 rings (SSSR count). The fourth-order valence-corrected chi connectivity index (χ4v) is 3.08. The number of hydrogen-bond donors (Lipinski definition) is 2. The zero-order chi connectivity index (χ0) is 15.7. The fraction of sp³-hybridized carbons (Fsp3) is 0.733. The molecular weight excluding hydrogens is 286 g/mol. The van der Waals surface area contributed by atoms with Gasteiger partial charge in [-0.25, -0.2) is 9.78 Å². The molecule has 1 amide bonds. The molecule has 1 heterocycles. The highest BCUT2D eigenvalue weighted by Crippen LogP contribution is 2.42. The van der Waals surface area contributed by atoms with E-state index in [1.807, 2.05) is 27.7 Å². The molecule has 0 saturated heterocycles. The van der Waals surface area contributed by atoms with E-state index in [1.165, 1.54) is 17.8 Å². The highest BCUT2D eigenvalue weighted by atomic mass is 32.1. The Balaban J connectivity index is 1.97. The molecular formula is C15H25N3O2S. The number of aromatic nitrogens is 1. The number of thiazole rings is 1. The van der Waals surface area contributed by atoms with Gasteiger partial charge in [-0.05, 0) is 33.6 Å². The van der Waals surface area contributed by atoms with Crippen LogP contribution in [-0.4, -0.2) is 29.8 Å². The van der Waals surface area contributed by atoms with E-state index >= 15 is 0 Å². The maximum atomic E-state index is 11.8. The van der Waals surface area contributed by atoms with Crippen LogP contribution in [0.1, 0.15) is 57.2 Å². The molecule has 1 aromatic heterocycles. The third-order valence-corrected chi connectivity index (χ3v) is 4.55. The zero-order valence-corrected chi connectivity index (χ0v) is 14.0. The van der Waals surface area contributed by atoms with Crippen molar-refractivity contribution in [1.82, 2.24) is 10.3 Å². The number of carbonyl (C=O) groups excluding carboxylic acids is 1. The molecule has 1 atom stereocenters. The molecule has 1 aliphatic rings. The van der Waals surface area contributed by atoms with E-state index < -0.39 is 11.7 Å². The molecule has 0 aliphatic heterocycles. The van der Waals surface area contributed by atoms with Crippen LogP contribution in [0.15, 0.2) is 5.38 Å². The minimum Gasteiger partial charge on any atom is -0.444 e. The van der Waals surface area contributed by atoms with Crippen LogP contribution in [0.3, 0.4) is 0 Å². The predicted octanol–water partition coefficient (Wildman–Crippen LogP) is 2.76. The summed E-state index contributed by atoms with van der Waals surface area (Å²) in [6.07, 6.45) is 2.06. The number of nitrogens with one attached hydrogen (secondary N) is 1. The number of hydrogen-bond acceptors (Lipinski definition) is 5. The molecule has 1 saturated carbocycles. The van der Waals surface area contributed by atoms with Crippen molar-refractivity contribution in [1.29, 1.82) is 0 Å². The first-order valence-electron chi connectivity index (χ1n) is 7.36. The van der Waals surface area contributed by atoms with Crippen molar-refractivity contribution >= 4 is 17.4 Å². The normalized spacial score (nSPS) is 18.1. The van der Waals surface area contributed by atoms with Crippen molar-refractivity contribution in [2.45, 2.75) is 57.5 Å². The van der Waals surface area contributed by atoms with Crippen LogP contribution in [0, 0.1) is 0 Å². The lowest BCUT2D eigenvalue weighted by atomic mass is 9.87. The van der Waals surface area contributed by atoms with Crippen LogP contribution in [0.25, 0.3) is 0 Å². The molecule has 1 aliphatic carbocycles. The van der Waals surface area contributed by atoms with E-state index in [1.54, 1.807) is 11.3 Å². The quantitative estimate of drug-likeness (QED) is 0.876. The summed E-state index contributed by atoms with van der Waals surface area (Å²) in [5, 5.41) is 6.07. The average molecular weight is 311 g/mol. The van der Waals surface area contributed by atoms with E-state index in [2.05, 4.69) is 10.7 Å². The molecule has 5 nitrogen and oxygen atoms in total. The van der Waals surface area contributed by atoms with Crippen LogP contribution >= 0.6 is 11.3 Å². The van der Waals surface area contributed by atoms with Gasteiger partial charge in [-0.3, -0.25) is 0 Å². The SMILES string of the molecule is CC(C)(C)OC(=O)NCC(C)(CN)c1csc(C2CC2)n1. The third kappa shape index (κ3) is 4.41. The second kappa shape index (κ2) is 5.93. The van der Waals surface area contributed by atoms with Gasteiger partial charge in [-0.15, -0.1) is 11.3 Å². The van der Waals surface area contributed by atoms with Crippen molar-refractivity contribution in [2.24, 2.45) is 5.73 Å². The first-order chi connectivity index (χ1) is 9.73. The van der Waals surface area contributed by atoms with E-state index in [4.69, 9.17) is 15.5 Å². The smallest absolute Gasteiger partial charge is 0.407 e. The van der Waals surface area contributed by atoms with Crippen molar-refractivity contribution in [3.8, 4) is 0 Å². The zero-order valence-electron chi connectivity index (χ0n) is 13.2. The van der Waals surface area contributed by atoms with Gasteiger partial charge in [-0.2, -0.15) is 0 Å². The van der Waals surface area contributed by atoms with E-state index in [0.717, 1.165) is 5.69 Å². The van der Waals surface area contributed by atoms with E-state index in [0.29, 0.717) is 19.0 Å². The minimum atomic E-state index is -0.497. The van der Waals surface area contributed by atoms with Gasteiger partial charge >= 0.3 is 6.09 Å². The van der Waals surface area contributed by atoms with Crippen molar-refractivity contribution in [3.63, 3.8) is 0 Å². The maximum Gasteiger partial charge on any atom is 0.407 e. The summed E-state index contributed by atoms with van der Waals surface area (Å²) in [4.78, 5) is 16.5. The summed E-state index contributed by atoms with van der Waals surface area (Å²) < 4.78 is 5.26. The number of nitrogens with zero attached hydrogens (tertiary/aromatic N) is 1. The molecule has 1 aromatic rings. The lowest BCUT2D eigenvalue weighted by molar-refractivity contribution is 0.0516. The molecule has 6 heteroatoms. The Morgan fingerprint density at radius 1 is 1.48 bits per heavy atom. The van der Waals surface area contributed by atoms with Crippen molar-refractivity contribution < 1.29 is 9.53 Å². The van der Waals surface area contributed by atoms with Gasteiger partial charge in [0.15, 0.2) is 0 Å². The molecule has 0 radical (unpaired) electrons. The lowest BCUT2D eigenvalue weighted by Crippen LogP contribution is -2.45. The minimum absolute atomic E-state index is 0.361. The predicted molar refractivity (Wildman–Crippen MR) is 84.7 cm³/mol. The summed E-state index contributed by atoms with van der Waals surface area (Å²) in [7, 11) is 0. The van der Waals surface area contributed by atoms with Crippen molar-refractivity contribution in [3.05, 3.63) is 16.1 Å². The molecule has 0 aromatic carbocycles. The first kappa shape index (κ1) is 16.2. The monoisotopic (exact) mass is 311 g/mol. The van der Waals surface area contributed by atoms with Crippen LogP contribution in [0.2, 0.25) is 0 Å². The number of carbonyl (C=O) groups is 1. The largest absolute Gasteiger partial charge is 0.444 e. The van der Waals surface area contributed by atoms with Gasteiger partial charge in [0.2, 0.25) is 0 Å². The summed E-state index contributed by atoms with van der Waals surface area (Å²) >= 11 is 1.70. The third-order valence-electron chi connectivity index (χ3n) is 3.54. The van der Waals surface area contributed by atoms with Crippen LogP contribution < -0.4 is 11.1 Å². The Labute approximate surface area is 130 Å². The van der Waals surface area contributed by atoms with Gasteiger partial charge in [0, 0.05) is 29.8 Å². The van der Waals surface area contributed by atoms with Gasteiger partial charge in [0.1, 0.15) is 5.60 Å². The number of amides is 1. The second-order valence-corrected chi connectivity index (χ2v) is 7.86. The summed E-state index contributed by atoms with van der Waals surface area (Å²) in [5.74, 6) is 0.643. The average Bonchev–Trinajstić information content (AvgIpc) is 3.11. The summed E-state index contributed by atoms with van der Waals surface area (Å²) in [6.45, 7) is 8.41. The summed E-state index contributed by atoms with van der Waals surface area (Å²) in [5.41, 5.74) is 6.03. The van der Waals surface area contributed by atoms with Crippen LogP contribution in [0.4, 0.5) is 4.79 Å². The molecule has 1 unspecified atom stereocenters. The Kier molecular flexibility index (Phi) is 4.58. The van der Waals surface area contributed by atoms with Gasteiger partial charge < -0.3 is 15.8 Å². The van der Waals surface area contributed by atoms with Crippen LogP contribution in [-0.2, 0) is 10.2 Å². The molecule has 0 spiro atoms. The Hall–Kier alpha value is -1.14. The van der Waals surface area contributed by atoms with Gasteiger partial charge in [0.25, 0.3) is 0 Å².